The van der Waals surface area contributed by atoms with Gasteiger partial charge in [-0.3, -0.25) is 28.8 Å². The molecule has 4 fully saturated rings. The standard InChI is InChI=1S/C18H24O3.C15H18O3/c1-6-8-13(19)18(14(20)9-7-2)12-10-11-17(5,15(18)21)16(12,3)4;1-3-5-12(16)15(13(17)6-4-2)11-8-7-10(9-11)14(15)18/h6-9,12H,10-11H2,1-5H3;3-6,10-11H,7-9H2,1-2H3/b8-6+,9-7+;5-3+,6-4+. The molecule has 0 saturated heterocycles. The maximum atomic E-state index is 13.1. The van der Waals surface area contributed by atoms with Crippen molar-refractivity contribution in [3.05, 3.63) is 48.6 Å². The second-order valence-corrected chi connectivity index (χ2v) is 12.1. The summed E-state index contributed by atoms with van der Waals surface area (Å²) < 4.78 is 0. The van der Waals surface area contributed by atoms with Crippen molar-refractivity contribution in [2.45, 2.75) is 80.6 Å². The molecule has 4 atom stereocenters. The van der Waals surface area contributed by atoms with Crippen LogP contribution in [0.4, 0.5) is 0 Å². The minimum atomic E-state index is -1.50. The van der Waals surface area contributed by atoms with E-state index in [0.717, 1.165) is 25.7 Å². The third-order valence-corrected chi connectivity index (χ3v) is 10.2. The number of rotatable bonds is 8. The fraction of sp³-hybridized carbons (Fsp3) is 0.576. The zero-order chi connectivity index (χ0) is 29.4. The summed E-state index contributed by atoms with van der Waals surface area (Å²) in [5.41, 5.74) is -3.83. The van der Waals surface area contributed by atoms with Gasteiger partial charge in [-0.2, -0.15) is 0 Å². The number of ketones is 6. The van der Waals surface area contributed by atoms with Gasteiger partial charge in [0.05, 0.1) is 0 Å². The largest absolute Gasteiger partial charge is 0.298 e. The first-order chi connectivity index (χ1) is 18.3. The van der Waals surface area contributed by atoms with Crippen molar-refractivity contribution in [2.75, 3.05) is 0 Å². The van der Waals surface area contributed by atoms with Crippen LogP contribution >= 0.6 is 0 Å². The molecule has 39 heavy (non-hydrogen) atoms. The van der Waals surface area contributed by atoms with Gasteiger partial charge in [-0.05, 0) is 101 Å². The highest BCUT2D eigenvalue weighted by molar-refractivity contribution is 6.33. The molecule has 0 aromatic heterocycles. The molecular formula is C33H42O6. The average molecular weight is 535 g/mol. The Kier molecular flexibility index (Phi) is 8.50. The van der Waals surface area contributed by atoms with Crippen LogP contribution in [-0.4, -0.2) is 34.7 Å². The van der Waals surface area contributed by atoms with Crippen molar-refractivity contribution in [2.24, 2.45) is 39.4 Å². The van der Waals surface area contributed by atoms with Crippen molar-refractivity contribution in [1.29, 1.82) is 0 Å². The molecule has 4 bridgehead atoms. The van der Waals surface area contributed by atoms with Gasteiger partial charge in [0, 0.05) is 11.3 Å². The number of hydrogen-bond donors (Lipinski definition) is 0. The van der Waals surface area contributed by atoms with Gasteiger partial charge < -0.3 is 0 Å². The lowest BCUT2D eigenvalue weighted by molar-refractivity contribution is -0.151. The molecule has 4 aliphatic carbocycles. The van der Waals surface area contributed by atoms with E-state index in [1.807, 2.05) is 20.8 Å². The van der Waals surface area contributed by atoms with Crippen LogP contribution in [0.1, 0.15) is 80.6 Å². The summed E-state index contributed by atoms with van der Waals surface area (Å²) in [5, 5.41) is 0. The van der Waals surface area contributed by atoms with Gasteiger partial charge in [-0.15, -0.1) is 0 Å². The Balaban J connectivity index is 0.000000218. The quantitative estimate of drug-likeness (QED) is 0.299. The highest BCUT2D eigenvalue weighted by atomic mass is 16.2. The molecule has 4 unspecified atom stereocenters. The molecule has 4 aliphatic rings. The lowest BCUT2D eigenvalue weighted by Gasteiger charge is -2.33. The lowest BCUT2D eigenvalue weighted by Crippen LogP contribution is -2.51. The highest BCUT2D eigenvalue weighted by Crippen LogP contribution is 2.70. The smallest absolute Gasteiger partial charge is 0.177 e. The van der Waals surface area contributed by atoms with Crippen molar-refractivity contribution in [1.82, 2.24) is 0 Å². The van der Waals surface area contributed by atoms with Crippen LogP contribution in [-0.2, 0) is 28.8 Å². The van der Waals surface area contributed by atoms with E-state index >= 15 is 0 Å². The van der Waals surface area contributed by atoms with Gasteiger partial charge in [0.1, 0.15) is 0 Å². The minimum Gasteiger partial charge on any atom is -0.298 e. The first kappa shape index (κ1) is 30.5. The molecule has 0 radical (unpaired) electrons. The summed E-state index contributed by atoms with van der Waals surface area (Å²) in [7, 11) is 0. The molecule has 4 saturated carbocycles. The van der Waals surface area contributed by atoms with E-state index < -0.39 is 16.2 Å². The second-order valence-electron chi connectivity index (χ2n) is 12.1. The van der Waals surface area contributed by atoms with Gasteiger partial charge in [0.2, 0.25) is 0 Å². The summed E-state index contributed by atoms with van der Waals surface area (Å²) >= 11 is 0. The van der Waals surface area contributed by atoms with Crippen LogP contribution in [0.5, 0.6) is 0 Å². The molecule has 0 N–H and O–H groups in total. The lowest BCUT2D eigenvalue weighted by atomic mass is 9.63. The van der Waals surface area contributed by atoms with Gasteiger partial charge >= 0.3 is 0 Å². The van der Waals surface area contributed by atoms with Gasteiger partial charge in [0.15, 0.2) is 45.5 Å². The third-order valence-electron chi connectivity index (χ3n) is 10.2. The van der Waals surface area contributed by atoms with E-state index in [2.05, 4.69) is 0 Å². The Hall–Kier alpha value is -3.02. The third kappa shape index (κ3) is 4.05. The van der Waals surface area contributed by atoms with Crippen LogP contribution in [0.3, 0.4) is 0 Å². The first-order valence-electron chi connectivity index (χ1n) is 14.1. The Bertz CT molecular complexity index is 1160. The van der Waals surface area contributed by atoms with Crippen molar-refractivity contribution < 1.29 is 28.8 Å². The predicted octanol–water partition coefficient (Wildman–Crippen LogP) is 5.55. The molecule has 0 amide bonds. The number of hydrogen-bond acceptors (Lipinski definition) is 6. The molecule has 0 heterocycles. The Morgan fingerprint density at radius 3 is 1.44 bits per heavy atom. The molecule has 0 aromatic rings. The zero-order valence-electron chi connectivity index (χ0n) is 24.3. The SMILES string of the molecule is C/C=C/C(=O)C1(C(=O)/C=C/C)C(=O)C2(C)CCC1C2(C)C.C/C=C/C(=O)C1(C(=O)/C=C/C)C(=O)C2CCC1C2. The fourth-order valence-electron chi connectivity index (χ4n) is 7.98. The fourth-order valence-corrected chi connectivity index (χ4v) is 7.98. The monoisotopic (exact) mass is 534 g/mol. The Morgan fingerprint density at radius 2 is 1.10 bits per heavy atom. The number of Topliss-reactive ketones (excluding diaryl/α,β-unsaturated/α-hetero) is 2. The molecule has 0 aliphatic heterocycles. The molecular weight excluding hydrogens is 492 g/mol. The van der Waals surface area contributed by atoms with Crippen LogP contribution < -0.4 is 0 Å². The van der Waals surface area contributed by atoms with Crippen molar-refractivity contribution >= 4 is 34.7 Å². The summed E-state index contributed by atoms with van der Waals surface area (Å²) in [4.78, 5) is 75.7. The van der Waals surface area contributed by atoms with Gasteiger partial charge in [-0.25, -0.2) is 0 Å². The number of carbonyl (C=O) groups is 6. The maximum Gasteiger partial charge on any atom is 0.177 e. The zero-order valence-corrected chi connectivity index (χ0v) is 24.3. The minimum absolute atomic E-state index is 0.0848. The van der Waals surface area contributed by atoms with E-state index in [9.17, 15) is 28.8 Å². The van der Waals surface area contributed by atoms with E-state index in [1.165, 1.54) is 24.3 Å². The molecule has 0 spiro atoms. The molecule has 6 nitrogen and oxygen atoms in total. The van der Waals surface area contributed by atoms with Crippen LogP contribution in [0, 0.1) is 39.4 Å². The molecule has 4 rings (SSSR count). The molecule has 6 heteroatoms. The summed E-state index contributed by atoms with van der Waals surface area (Å²) in [6.07, 6.45) is 15.8. The summed E-state index contributed by atoms with van der Waals surface area (Å²) in [6, 6.07) is 0. The van der Waals surface area contributed by atoms with Crippen molar-refractivity contribution in [3.8, 4) is 0 Å². The van der Waals surface area contributed by atoms with E-state index in [-0.39, 0.29) is 57.9 Å². The summed E-state index contributed by atoms with van der Waals surface area (Å²) in [6.45, 7) is 12.9. The number of fused-ring (bicyclic) bond motifs is 4. The van der Waals surface area contributed by atoms with Crippen molar-refractivity contribution in [3.63, 3.8) is 0 Å². The van der Waals surface area contributed by atoms with Gasteiger partial charge in [-0.1, -0.05) is 45.1 Å². The van der Waals surface area contributed by atoms with Crippen LogP contribution in [0.2, 0.25) is 0 Å². The molecule has 210 valence electrons. The Labute approximate surface area is 232 Å². The average Bonchev–Trinajstić information content (AvgIpc) is 3.56. The highest BCUT2D eigenvalue weighted by Gasteiger charge is 2.77. The summed E-state index contributed by atoms with van der Waals surface area (Å²) in [5.74, 6) is -2.07. The topological polar surface area (TPSA) is 102 Å². The number of allylic oxidation sites excluding steroid dienone is 8. The molecule has 0 aromatic carbocycles. The first-order valence-corrected chi connectivity index (χ1v) is 14.1. The van der Waals surface area contributed by atoms with E-state index in [0.29, 0.717) is 6.42 Å². The van der Waals surface area contributed by atoms with Gasteiger partial charge in [0.25, 0.3) is 0 Å². The normalized spacial score (nSPS) is 31.5. The van der Waals surface area contributed by atoms with Crippen LogP contribution in [0.15, 0.2) is 48.6 Å². The van der Waals surface area contributed by atoms with Crippen LogP contribution in [0.25, 0.3) is 0 Å². The number of carbonyl (C=O) groups excluding carboxylic acids is 6. The Morgan fingerprint density at radius 1 is 0.667 bits per heavy atom. The van der Waals surface area contributed by atoms with E-state index in [4.69, 9.17) is 0 Å². The second kappa shape index (κ2) is 10.9. The maximum absolute atomic E-state index is 13.1. The predicted molar refractivity (Wildman–Crippen MR) is 150 cm³/mol. The van der Waals surface area contributed by atoms with E-state index in [1.54, 1.807) is 52.0 Å².